The van der Waals surface area contributed by atoms with E-state index < -0.39 is 0 Å². The first-order chi connectivity index (χ1) is 13.1. The first kappa shape index (κ1) is 18.7. The lowest BCUT2D eigenvalue weighted by Gasteiger charge is -2.25. The number of para-hydroxylation sites is 1. The number of nitrogens with zero attached hydrogens (tertiary/aromatic N) is 1. The minimum atomic E-state index is 0.0894. The maximum atomic E-state index is 8.95. The van der Waals surface area contributed by atoms with Crippen molar-refractivity contribution in [1.82, 2.24) is 0 Å². The molecule has 0 heterocycles. The van der Waals surface area contributed by atoms with Crippen LogP contribution in [0, 0.1) is 11.3 Å². The summed E-state index contributed by atoms with van der Waals surface area (Å²) in [6.07, 6.45) is 3.20. The minimum Gasteiger partial charge on any atom is -0.457 e. The Hall–Kier alpha value is -3.05. The zero-order valence-corrected chi connectivity index (χ0v) is 16.0. The topological polar surface area (TPSA) is 33.0 Å². The number of benzene rings is 3. The Balaban J connectivity index is 1.58. The Bertz CT molecular complexity index is 905. The molecule has 0 amide bonds. The van der Waals surface area contributed by atoms with Gasteiger partial charge in [-0.1, -0.05) is 56.3 Å². The van der Waals surface area contributed by atoms with E-state index in [1.807, 2.05) is 48.5 Å². The molecule has 3 rings (SSSR count). The molecule has 2 heteroatoms. The molecule has 0 N–H and O–H groups in total. The molecule has 3 aromatic carbocycles. The third kappa shape index (κ3) is 5.21. The highest BCUT2D eigenvalue weighted by Gasteiger charge is 2.20. The molecule has 0 aromatic heterocycles. The summed E-state index contributed by atoms with van der Waals surface area (Å²) >= 11 is 0. The third-order valence-electron chi connectivity index (χ3n) is 4.94. The lowest BCUT2D eigenvalue weighted by atomic mass is 9.79. The molecule has 0 radical (unpaired) electrons. The van der Waals surface area contributed by atoms with Crippen molar-refractivity contribution in [2.75, 3.05) is 0 Å². The molecular weight excluding hydrogens is 330 g/mol. The summed E-state index contributed by atoms with van der Waals surface area (Å²) in [4.78, 5) is 0. The van der Waals surface area contributed by atoms with Gasteiger partial charge < -0.3 is 4.74 Å². The maximum absolute atomic E-state index is 8.95. The third-order valence-corrected chi connectivity index (χ3v) is 4.94. The number of ether oxygens (including phenoxy) is 1. The van der Waals surface area contributed by atoms with Gasteiger partial charge in [0.15, 0.2) is 0 Å². The number of hydrogen-bond acceptors (Lipinski definition) is 2. The Labute approximate surface area is 162 Å². The van der Waals surface area contributed by atoms with Crippen LogP contribution >= 0.6 is 0 Å². The molecule has 136 valence electrons. The number of aryl methyl sites for hydroxylation is 1. The van der Waals surface area contributed by atoms with Crippen molar-refractivity contribution in [1.29, 1.82) is 5.26 Å². The van der Waals surface area contributed by atoms with Gasteiger partial charge in [0.05, 0.1) is 11.6 Å². The molecule has 2 nitrogen and oxygen atoms in total. The predicted octanol–water partition coefficient (Wildman–Crippen LogP) is 6.65. The summed E-state index contributed by atoms with van der Waals surface area (Å²) in [7, 11) is 0. The highest BCUT2D eigenvalue weighted by atomic mass is 16.5. The lowest BCUT2D eigenvalue weighted by Crippen LogP contribution is -2.17. The molecule has 0 atom stereocenters. The molecule has 0 aliphatic carbocycles. The van der Waals surface area contributed by atoms with E-state index in [9.17, 15) is 0 Å². The van der Waals surface area contributed by atoms with Gasteiger partial charge in [0, 0.05) is 0 Å². The van der Waals surface area contributed by atoms with Gasteiger partial charge in [0.1, 0.15) is 11.5 Å². The zero-order valence-electron chi connectivity index (χ0n) is 16.0. The standard InChI is InChI=1S/C25H25NO/c1-25(2,22-15-13-21(19-26)14-16-22)17-7-9-20-8-6-12-24(18-20)27-23-10-4-3-5-11-23/h3-6,8,10-16,18H,7,9,17H2,1-2H3. The average molecular weight is 355 g/mol. The van der Waals surface area contributed by atoms with Gasteiger partial charge >= 0.3 is 0 Å². The van der Waals surface area contributed by atoms with Gasteiger partial charge in [-0.25, -0.2) is 0 Å². The van der Waals surface area contributed by atoms with E-state index in [-0.39, 0.29) is 5.41 Å². The number of rotatable bonds is 7. The molecule has 0 saturated heterocycles. The summed E-state index contributed by atoms with van der Waals surface area (Å²) in [6, 6.07) is 28.3. The summed E-state index contributed by atoms with van der Waals surface area (Å²) in [5, 5.41) is 8.95. The average Bonchev–Trinajstić information content (AvgIpc) is 2.69. The quantitative estimate of drug-likeness (QED) is 0.475. The molecule has 0 aliphatic heterocycles. The van der Waals surface area contributed by atoms with Crippen LogP contribution in [-0.4, -0.2) is 0 Å². The van der Waals surface area contributed by atoms with Crippen LogP contribution in [0.1, 0.15) is 43.4 Å². The molecule has 0 aliphatic rings. The van der Waals surface area contributed by atoms with E-state index in [0.717, 1.165) is 30.8 Å². The first-order valence-corrected chi connectivity index (χ1v) is 9.39. The Morgan fingerprint density at radius 2 is 1.56 bits per heavy atom. The maximum Gasteiger partial charge on any atom is 0.127 e. The van der Waals surface area contributed by atoms with Crippen LogP contribution in [-0.2, 0) is 11.8 Å². The lowest BCUT2D eigenvalue weighted by molar-refractivity contribution is 0.460. The van der Waals surface area contributed by atoms with Gasteiger partial charge in [-0.3, -0.25) is 0 Å². The van der Waals surface area contributed by atoms with E-state index in [0.29, 0.717) is 5.56 Å². The van der Waals surface area contributed by atoms with E-state index in [1.165, 1.54) is 11.1 Å². The van der Waals surface area contributed by atoms with Crippen molar-refractivity contribution in [2.45, 2.75) is 38.5 Å². The number of hydrogen-bond donors (Lipinski definition) is 0. The van der Waals surface area contributed by atoms with Crippen LogP contribution < -0.4 is 4.74 Å². The monoisotopic (exact) mass is 355 g/mol. The molecule has 0 fully saturated rings. The number of nitriles is 1. The smallest absolute Gasteiger partial charge is 0.127 e. The second-order valence-electron chi connectivity index (χ2n) is 7.49. The highest BCUT2D eigenvalue weighted by molar-refractivity contribution is 5.35. The van der Waals surface area contributed by atoms with E-state index in [2.05, 4.69) is 50.2 Å². The summed E-state index contributed by atoms with van der Waals surface area (Å²) in [6.45, 7) is 4.53. The molecule has 0 saturated carbocycles. The first-order valence-electron chi connectivity index (χ1n) is 9.39. The van der Waals surface area contributed by atoms with Crippen LogP contribution in [0.3, 0.4) is 0 Å². The van der Waals surface area contributed by atoms with Crippen LogP contribution in [0.25, 0.3) is 0 Å². The van der Waals surface area contributed by atoms with Crippen molar-refractivity contribution < 1.29 is 4.74 Å². The summed E-state index contributed by atoms with van der Waals surface area (Å²) in [5.74, 6) is 1.74. The Morgan fingerprint density at radius 3 is 2.26 bits per heavy atom. The molecule has 0 unspecified atom stereocenters. The van der Waals surface area contributed by atoms with Gasteiger partial charge in [-0.15, -0.1) is 0 Å². The molecule has 0 bridgehead atoms. The Kier molecular flexibility index (Phi) is 5.94. The van der Waals surface area contributed by atoms with Crippen molar-refractivity contribution in [2.24, 2.45) is 0 Å². The zero-order chi connectivity index (χ0) is 19.1. The minimum absolute atomic E-state index is 0.0894. The van der Waals surface area contributed by atoms with Crippen molar-refractivity contribution >= 4 is 0 Å². The van der Waals surface area contributed by atoms with Crippen molar-refractivity contribution in [3.63, 3.8) is 0 Å². The summed E-state index contributed by atoms with van der Waals surface area (Å²) in [5.41, 5.74) is 3.37. The van der Waals surface area contributed by atoms with Gasteiger partial charge in [-0.05, 0) is 72.2 Å². The van der Waals surface area contributed by atoms with Crippen molar-refractivity contribution in [3.8, 4) is 17.6 Å². The molecular formula is C25H25NO. The van der Waals surface area contributed by atoms with Crippen LogP contribution in [0.15, 0.2) is 78.9 Å². The molecule has 0 spiro atoms. The van der Waals surface area contributed by atoms with Gasteiger partial charge in [-0.2, -0.15) is 5.26 Å². The van der Waals surface area contributed by atoms with E-state index in [4.69, 9.17) is 10.00 Å². The Morgan fingerprint density at radius 1 is 0.852 bits per heavy atom. The van der Waals surface area contributed by atoms with E-state index in [1.54, 1.807) is 0 Å². The fourth-order valence-electron chi connectivity index (χ4n) is 3.26. The summed E-state index contributed by atoms with van der Waals surface area (Å²) < 4.78 is 5.93. The molecule has 3 aromatic rings. The normalized spacial score (nSPS) is 11.0. The van der Waals surface area contributed by atoms with Crippen molar-refractivity contribution in [3.05, 3.63) is 95.6 Å². The van der Waals surface area contributed by atoms with Crippen LogP contribution in [0.4, 0.5) is 0 Å². The second kappa shape index (κ2) is 8.56. The fourth-order valence-corrected chi connectivity index (χ4v) is 3.26. The SMILES string of the molecule is CC(C)(CCCc1cccc(Oc2ccccc2)c1)c1ccc(C#N)cc1. The van der Waals surface area contributed by atoms with Gasteiger partial charge in [0.25, 0.3) is 0 Å². The molecule has 27 heavy (non-hydrogen) atoms. The predicted molar refractivity (Wildman–Crippen MR) is 110 cm³/mol. The van der Waals surface area contributed by atoms with Gasteiger partial charge in [0.2, 0.25) is 0 Å². The van der Waals surface area contributed by atoms with Crippen LogP contribution in [0.5, 0.6) is 11.5 Å². The fraction of sp³-hybridized carbons (Fsp3) is 0.240. The van der Waals surface area contributed by atoms with E-state index >= 15 is 0 Å². The van der Waals surface area contributed by atoms with Crippen LogP contribution in [0.2, 0.25) is 0 Å². The largest absolute Gasteiger partial charge is 0.457 e. The highest BCUT2D eigenvalue weighted by Crippen LogP contribution is 2.30. The second-order valence-corrected chi connectivity index (χ2v) is 7.49.